The van der Waals surface area contributed by atoms with Crippen molar-refractivity contribution < 1.29 is 4.79 Å². The molecule has 1 saturated heterocycles. The first-order chi connectivity index (χ1) is 19.7. The summed E-state index contributed by atoms with van der Waals surface area (Å²) in [5.74, 6) is 0.445. The van der Waals surface area contributed by atoms with E-state index < -0.39 is 0 Å². The number of aromatic amines is 2. The fourth-order valence-corrected chi connectivity index (χ4v) is 5.48. The number of rotatable bonds is 6. The van der Waals surface area contributed by atoms with Crippen LogP contribution in [-0.4, -0.2) is 49.1 Å². The van der Waals surface area contributed by atoms with Crippen molar-refractivity contribution in [2.75, 3.05) is 18.4 Å². The topological polar surface area (TPSA) is 124 Å². The number of anilines is 1. The zero-order chi connectivity index (χ0) is 26.9. The van der Waals surface area contributed by atoms with Gasteiger partial charge in [-0.25, -0.2) is 4.98 Å². The third-order valence-corrected chi connectivity index (χ3v) is 7.52. The lowest BCUT2D eigenvalue weighted by molar-refractivity contribution is -0.117. The standard InChI is InChI=1S/C31H28N8O/c40-29(14-19-9-12-32-13-10-19)35-21-15-20(17-33-18-21)24-7-8-27-30(37-24)31(39-38-27)28-16-23-22(4-3-6-26(23)36-28)25-5-1-2-11-34-25/h1-8,11,15-19,32,36H,9-10,12-14H2,(H,35,40)(H,38,39). The van der Waals surface area contributed by atoms with Gasteiger partial charge < -0.3 is 15.6 Å². The maximum Gasteiger partial charge on any atom is 0.224 e. The third-order valence-electron chi connectivity index (χ3n) is 7.52. The van der Waals surface area contributed by atoms with E-state index in [0.717, 1.165) is 81.8 Å². The summed E-state index contributed by atoms with van der Waals surface area (Å²) in [5.41, 5.74) is 8.41. The molecule has 4 N–H and O–H groups in total. The molecule has 5 aromatic heterocycles. The van der Waals surface area contributed by atoms with Crippen molar-refractivity contribution in [3.8, 4) is 33.9 Å². The van der Waals surface area contributed by atoms with Crippen LogP contribution in [0.3, 0.4) is 0 Å². The van der Waals surface area contributed by atoms with Gasteiger partial charge in [-0.05, 0) is 74.3 Å². The molecule has 9 nitrogen and oxygen atoms in total. The van der Waals surface area contributed by atoms with Gasteiger partial charge >= 0.3 is 0 Å². The van der Waals surface area contributed by atoms with Gasteiger partial charge in [0.25, 0.3) is 0 Å². The highest BCUT2D eigenvalue weighted by Crippen LogP contribution is 2.33. The molecule has 1 fully saturated rings. The summed E-state index contributed by atoms with van der Waals surface area (Å²) in [6, 6.07) is 20.0. The second kappa shape index (κ2) is 10.3. The van der Waals surface area contributed by atoms with E-state index in [-0.39, 0.29) is 5.91 Å². The minimum atomic E-state index is 0.0234. The predicted molar refractivity (Wildman–Crippen MR) is 156 cm³/mol. The molecule has 0 radical (unpaired) electrons. The fourth-order valence-electron chi connectivity index (χ4n) is 5.48. The van der Waals surface area contributed by atoms with Crippen LogP contribution in [0.2, 0.25) is 0 Å². The van der Waals surface area contributed by atoms with E-state index in [9.17, 15) is 4.79 Å². The maximum absolute atomic E-state index is 12.7. The molecule has 1 aliphatic heterocycles. The van der Waals surface area contributed by atoms with Crippen LogP contribution in [0.1, 0.15) is 19.3 Å². The fraction of sp³-hybridized carbons (Fsp3) is 0.194. The smallest absolute Gasteiger partial charge is 0.224 e. The summed E-state index contributed by atoms with van der Waals surface area (Å²) in [6.07, 6.45) is 7.83. The van der Waals surface area contributed by atoms with Crippen molar-refractivity contribution in [1.82, 2.24) is 35.5 Å². The first-order valence-corrected chi connectivity index (χ1v) is 13.6. The first kappa shape index (κ1) is 24.2. The Morgan fingerprint density at radius 3 is 2.75 bits per heavy atom. The molecule has 0 atom stereocenters. The van der Waals surface area contributed by atoms with Crippen molar-refractivity contribution >= 4 is 33.5 Å². The monoisotopic (exact) mass is 528 g/mol. The normalized spacial score (nSPS) is 14.1. The van der Waals surface area contributed by atoms with Crippen LogP contribution in [-0.2, 0) is 4.79 Å². The summed E-state index contributed by atoms with van der Waals surface area (Å²) < 4.78 is 0. The first-order valence-electron chi connectivity index (χ1n) is 13.6. The number of nitrogens with one attached hydrogen (secondary N) is 4. The van der Waals surface area contributed by atoms with Crippen molar-refractivity contribution in [1.29, 1.82) is 0 Å². The third kappa shape index (κ3) is 4.71. The van der Waals surface area contributed by atoms with Gasteiger partial charge in [-0.1, -0.05) is 18.2 Å². The Morgan fingerprint density at radius 2 is 1.88 bits per heavy atom. The van der Waals surface area contributed by atoms with Crippen LogP contribution >= 0.6 is 0 Å². The number of benzene rings is 1. The van der Waals surface area contributed by atoms with E-state index in [1.54, 1.807) is 18.6 Å². The van der Waals surface area contributed by atoms with E-state index >= 15 is 0 Å². The van der Waals surface area contributed by atoms with Crippen molar-refractivity contribution in [2.45, 2.75) is 19.3 Å². The van der Waals surface area contributed by atoms with E-state index in [2.05, 4.69) is 54.0 Å². The second-order valence-corrected chi connectivity index (χ2v) is 10.2. The van der Waals surface area contributed by atoms with Crippen molar-refractivity contribution in [3.05, 3.63) is 79.3 Å². The Labute approximate surface area is 230 Å². The van der Waals surface area contributed by atoms with Gasteiger partial charge in [0.05, 0.1) is 34.5 Å². The zero-order valence-electron chi connectivity index (χ0n) is 21.8. The number of amides is 1. The van der Waals surface area contributed by atoms with E-state index in [1.165, 1.54) is 0 Å². The highest BCUT2D eigenvalue weighted by molar-refractivity contribution is 6.00. The Bertz CT molecular complexity index is 1820. The lowest BCUT2D eigenvalue weighted by Crippen LogP contribution is -2.30. The minimum absolute atomic E-state index is 0.0234. The molecule has 0 bridgehead atoms. The Hall–Kier alpha value is -4.89. The molecule has 40 heavy (non-hydrogen) atoms. The lowest BCUT2D eigenvalue weighted by Gasteiger charge is -2.21. The van der Waals surface area contributed by atoms with Crippen LogP contribution < -0.4 is 10.6 Å². The van der Waals surface area contributed by atoms with Gasteiger partial charge in [-0.3, -0.25) is 19.9 Å². The largest absolute Gasteiger partial charge is 0.353 e. The maximum atomic E-state index is 12.7. The molecule has 0 aliphatic carbocycles. The summed E-state index contributed by atoms with van der Waals surface area (Å²) in [6.45, 7) is 1.95. The van der Waals surface area contributed by atoms with Crippen molar-refractivity contribution in [3.63, 3.8) is 0 Å². The number of fused-ring (bicyclic) bond motifs is 2. The number of hydrogen-bond donors (Lipinski definition) is 4. The number of carbonyl (C=O) groups excluding carboxylic acids is 1. The molecule has 6 aromatic rings. The predicted octanol–water partition coefficient (Wildman–Crippen LogP) is 5.56. The quantitative estimate of drug-likeness (QED) is 0.224. The number of aromatic nitrogens is 6. The second-order valence-electron chi connectivity index (χ2n) is 10.2. The summed E-state index contributed by atoms with van der Waals surface area (Å²) >= 11 is 0. The molecule has 6 heterocycles. The Kier molecular flexibility index (Phi) is 6.25. The van der Waals surface area contributed by atoms with Gasteiger partial charge in [0.2, 0.25) is 5.91 Å². The minimum Gasteiger partial charge on any atom is -0.353 e. The van der Waals surface area contributed by atoms with Crippen LogP contribution in [0.15, 0.2) is 79.3 Å². The van der Waals surface area contributed by atoms with Crippen LogP contribution in [0.25, 0.3) is 55.8 Å². The number of hydrogen-bond acceptors (Lipinski definition) is 6. The summed E-state index contributed by atoms with van der Waals surface area (Å²) in [5, 5.41) is 15.1. The SMILES string of the molecule is O=C(CC1CCNCC1)Nc1cncc(-c2ccc3[nH]nc(-c4cc5c(-c6ccccn6)cccc5[nH]4)c3n2)c1. The van der Waals surface area contributed by atoms with Crippen LogP contribution in [0, 0.1) is 5.92 Å². The Morgan fingerprint density at radius 1 is 0.950 bits per heavy atom. The van der Waals surface area contributed by atoms with Gasteiger partial charge in [0.1, 0.15) is 11.2 Å². The van der Waals surface area contributed by atoms with Crippen LogP contribution in [0.4, 0.5) is 5.69 Å². The highest BCUT2D eigenvalue weighted by Gasteiger charge is 2.18. The van der Waals surface area contributed by atoms with Gasteiger partial charge in [-0.2, -0.15) is 5.10 Å². The molecule has 9 heteroatoms. The highest BCUT2D eigenvalue weighted by atomic mass is 16.1. The molecule has 7 rings (SSSR count). The lowest BCUT2D eigenvalue weighted by atomic mass is 9.94. The van der Waals surface area contributed by atoms with Crippen LogP contribution in [0.5, 0.6) is 0 Å². The summed E-state index contributed by atoms with van der Waals surface area (Å²) in [4.78, 5) is 30.0. The van der Waals surface area contributed by atoms with Gasteiger partial charge in [0, 0.05) is 40.8 Å². The molecule has 1 amide bonds. The molecule has 1 aromatic carbocycles. The van der Waals surface area contributed by atoms with Gasteiger partial charge in [-0.15, -0.1) is 0 Å². The van der Waals surface area contributed by atoms with Crippen molar-refractivity contribution in [2.24, 2.45) is 5.92 Å². The van der Waals surface area contributed by atoms with E-state index in [0.29, 0.717) is 18.0 Å². The molecule has 198 valence electrons. The number of carbonyl (C=O) groups is 1. The van der Waals surface area contributed by atoms with Gasteiger partial charge in [0.15, 0.2) is 0 Å². The molecule has 1 aliphatic rings. The summed E-state index contributed by atoms with van der Waals surface area (Å²) in [7, 11) is 0. The number of piperidine rings is 1. The molecular formula is C31H28N8O. The van der Waals surface area contributed by atoms with E-state index in [1.807, 2.05) is 42.5 Å². The number of pyridine rings is 3. The van der Waals surface area contributed by atoms with E-state index in [4.69, 9.17) is 4.98 Å². The number of nitrogens with zero attached hydrogens (tertiary/aromatic N) is 4. The average Bonchev–Trinajstić information content (AvgIpc) is 3.62. The zero-order valence-corrected chi connectivity index (χ0v) is 21.8. The molecule has 0 saturated carbocycles. The molecule has 0 spiro atoms. The molecule has 0 unspecified atom stereocenters. The average molecular weight is 529 g/mol. The number of H-pyrrole nitrogens is 2. The molecular weight excluding hydrogens is 500 g/mol. The Balaban J connectivity index is 1.19.